The van der Waals surface area contributed by atoms with Crippen LogP contribution < -0.4 is 0 Å². The first-order valence-electron chi connectivity index (χ1n) is 8.35. The summed E-state index contributed by atoms with van der Waals surface area (Å²) in [4.78, 5) is 11.1. The molecule has 0 aromatic heterocycles. The average molecular weight is 428 g/mol. The van der Waals surface area contributed by atoms with Gasteiger partial charge in [0.15, 0.2) is 5.79 Å². The lowest BCUT2D eigenvalue weighted by atomic mass is 9.59. The minimum atomic E-state index is -5.00. The van der Waals surface area contributed by atoms with Crippen molar-refractivity contribution in [2.24, 2.45) is 23.7 Å². The van der Waals surface area contributed by atoms with Gasteiger partial charge in [0.2, 0.25) is 4.51 Å². The van der Waals surface area contributed by atoms with E-state index in [4.69, 9.17) is 14.5 Å². The molecule has 9 heteroatoms. The summed E-state index contributed by atoms with van der Waals surface area (Å²) in [5.41, 5.74) is -1.18. The van der Waals surface area contributed by atoms with Crippen LogP contribution in [0.25, 0.3) is 0 Å². The predicted octanol–water partition coefficient (Wildman–Crippen LogP) is 3.66. The molecule has 2 unspecified atom stereocenters. The van der Waals surface area contributed by atoms with Crippen LogP contribution in [0.1, 0.15) is 39.5 Å². The lowest BCUT2D eigenvalue weighted by Crippen LogP contribution is -2.63. The van der Waals surface area contributed by atoms with Gasteiger partial charge in [-0.3, -0.25) is 0 Å². The van der Waals surface area contributed by atoms with Gasteiger partial charge in [-0.2, -0.15) is 18.4 Å². The monoisotopic (exact) mass is 427 g/mol. The molecule has 5 nitrogen and oxygen atoms in total. The molecule has 3 saturated heterocycles. The Labute approximate surface area is 152 Å². The first-order chi connectivity index (χ1) is 11.5. The molecule has 1 N–H and O–H groups in total. The molecular formula is C16H21BrF3NO4. The van der Waals surface area contributed by atoms with E-state index < -0.39 is 33.9 Å². The molecule has 1 aliphatic carbocycles. The number of rotatable bonds is 2. The highest BCUT2D eigenvalue weighted by Gasteiger charge is 2.67. The largest absolute Gasteiger partial charge is 0.428 e. The number of ether oxygens (including phenoxy) is 1. The van der Waals surface area contributed by atoms with Crippen LogP contribution in [0.15, 0.2) is 0 Å². The molecule has 4 aliphatic rings. The van der Waals surface area contributed by atoms with Crippen LogP contribution in [0.4, 0.5) is 13.2 Å². The Morgan fingerprint density at radius 2 is 1.96 bits per heavy atom. The van der Waals surface area contributed by atoms with Crippen molar-refractivity contribution in [2.45, 2.75) is 61.6 Å². The fourth-order valence-electron chi connectivity index (χ4n) is 4.59. The summed E-state index contributed by atoms with van der Waals surface area (Å²) in [7, 11) is 0. The van der Waals surface area contributed by atoms with Crippen molar-refractivity contribution in [1.82, 2.24) is 0 Å². The molecule has 25 heavy (non-hydrogen) atoms. The van der Waals surface area contributed by atoms with E-state index in [-0.39, 0.29) is 18.4 Å². The zero-order chi connectivity index (χ0) is 18.7. The quantitative estimate of drug-likeness (QED) is 0.537. The minimum Gasteiger partial charge on any atom is -0.370 e. The zero-order valence-electron chi connectivity index (χ0n) is 14.0. The van der Waals surface area contributed by atoms with Crippen LogP contribution in [0.3, 0.4) is 0 Å². The van der Waals surface area contributed by atoms with E-state index in [9.17, 15) is 23.5 Å². The zero-order valence-corrected chi connectivity index (χ0v) is 15.6. The Kier molecular flexibility index (Phi) is 4.69. The first kappa shape index (κ1) is 19.4. The van der Waals surface area contributed by atoms with E-state index in [2.05, 4.69) is 15.9 Å². The molecule has 0 amide bonds. The van der Waals surface area contributed by atoms with Gasteiger partial charge >= 0.3 is 6.18 Å². The molecule has 4 fully saturated rings. The molecule has 0 aromatic rings. The van der Waals surface area contributed by atoms with Gasteiger partial charge in [0, 0.05) is 12.3 Å². The van der Waals surface area contributed by atoms with Crippen molar-refractivity contribution < 1.29 is 32.8 Å². The summed E-state index contributed by atoms with van der Waals surface area (Å²) < 4.78 is 42.5. The molecule has 1 saturated carbocycles. The van der Waals surface area contributed by atoms with Gasteiger partial charge < -0.3 is 9.84 Å². The van der Waals surface area contributed by atoms with Crippen molar-refractivity contribution in [2.75, 3.05) is 6.61 Å². The Hall–Kier alpha value is -0.400. The number of halogens is 4. The molecule has 142 valence electrons. The maximum atomic E-state index is 13.4. The number of nitriles is 1. The number of hydrogen-bond donors (Lipinski definition) is 1. The third-order valence-corrected chi connectivity index (χ3v) is 7.05. The number of hydrogen-bond acceptors (Lipinski definition) is 5. The van der Waals surface area contributed by atoms with Crippen LogP contribution in [0, 0.1) is 35.0 Å². The normalized spacial score (nSPS) is 45.0. The van der Waals surface area contributed by atoms with Gasteiger partial charge in [0.05, 0.1) is 12.7 Å². The standard InChI is InChI=1S/C16H21BrF3NO4/c1-9-3-4-11(12(7-21)15(17,22)16(18,19)20)14-8-23-13(2,24-25-14)6-5-10(9)14/h9-12,22H,3-6,8H2,1-2H3/t9-,10?,11+,12?,13-,14-,15-/m1/s1. The smallest absolute Gasteiger partial charge is 0.370 e. The highest BCUT2D eigenvalue weighted by molar-refractivity contribution is 9.10. The van der Waals surface area contributed by atoms with E-state index in [1.807, 2.05) is 6.92 Å². The van der Waals surface area contributed by atoms with Gasteiger partial charge in [0.1, 0.15) is 11.5 Å². The van der Waals surface area contributed by atoms with Crippen LogP contribution in [0.2, 0.25) is 0 Å². The second kappa shape index (κ2) is 6.06. The summed E-state index contributed by atoms with van der Waals surface area (Å²) in [5, 5.41) is 19.6. The third kappa shape index (κ3) is 2.90. The van der Waals surface area contributed by atoms with E-state index in [0.29, 0.717) is 25.7 Å². The maximum Gasteiger partial charge on any atom is 0.428 e. The molecule has 7 atom stereocenters. The van der Waals surface area contributed by atoms with E-state index in [0.717, 1.165) is 0 Å². The Balaban J connectivity index is 2.02. The lowest BCUT2D eigenvalue weighted by molar-refractivity contribution is -0.517. The highest BCUT2D eigenvalue weighted by atomic mass is 79.9. The fraction of sp³-hybridized carbons (Fsp3) is 0.938. The second-order valence-electron chi connectivity index (χ2n) is 7.63. The maximum absolute atomic E-state index is 13.4. The second-order valence-corrected chi connectivity index (χ2v) is 8.84. The summed E-state index contributed by atoms with van der Waals surface area (Å²) in [6.45, 7) is 3.80. The van der Waals surface area contributed by atoms with Crippen LogP contribution in [0.5, 0.6) is 0 Å². The van der Waals surface area contributed by atoms with Gasteiger partial charge in [0.25, 0.3) is 0 Å². The molecule has 3 heterocycles. The molecule has 0 radical (unpaired) electrons. The van der Waals surface area contributed by atoms with Crippen molar-refractivity contribution in [1.29, 1.82) is 5.26 Å². The summed E-state index contributed by atoms with van der Waals surface area (Å²) in [6, 6.07) is 1.66. The molecule has 0 aromatic carbocycles. The first-order valence-corrected chi connectivity index (χ1v) is 9.14. The number of nitrogens with zero attached hydrogens (tertiary/aromatic N) is 1. The van der Waals surface area contributed by atoms with Crippen LogP contribution >= 0.6 is 15.9 Å². The van der Waals surface area contributed by atoms with Crippen molar-refractivity contribution >= 4 is 15.9 Å². The topological polar surface area (TPSA) is 71.7 Å². The molecule has 2 bridgehead atoms. The average Bonchev–Trinajstić information content (AvgIpc) is 2.76. The molecule has 3 aliphatic heterocycles. The Bertz CT molecular complexity index is 569. The number of aliphatic hydroxyl groups is 1. The van der Waals surface area contributed by atoms with Crippen molar-refractivity contribution in [3.63, 3.8) is 0 Å². The van der Waals surface area contributed by atoms with E-state index in [1.165, 1.54) is 0 Å². The van der Waals surface area contributed by atoms with Crippen LogP contribution in [-0.4, -0.2) is 33.8 Å². The Morgan fingerprint density at radius 3 is 2.48 bits per heavy atom. The van der Waals surface area contributed by atoms with E-state index >= 15 is 0 Å². The predicted molar refractivity (Wildman–Crippen MR) is 82.9 cm³/mol. The fourth-order valence-corrected chi connectivity index (χ4v) is 5.01. The molecule has 1 spiro atoms. The summed E-state index contributed by atoms with van der Waals surface area (Å²) in [5.74, 6) is -3.48. The SMILES string of the molecule is C[C@@H]1CC[C@@H](C(C#N)[C@](O)(Br)C(F)(F)F)[C@@]23CO[C@@](C)(CCC12)OO3. The van der Waals surface area contributed by atoms with Gasteiger partial charge in [-0.05, 0) is 54.0 Å². The van der Waals surface area contributed by atoms with E-state index in [1.54, 1.807) is 13.0 Å². The Morgan fingerprint density at radius 1 is 1.28 bits per heavy atom. The molecule has 4 rings (SSSR count). The van der Waals surface area contributed by atoms with Crippen molar-refractivity contribution in [3.8, 4) is 6.07 Å². The highest BCUT2D eigenvalue weighted by Crippen LogP contribution is 2.58. The van der Waals surface area contributed by atoms with Gasteiger partial charge in [-0.1, -0.05) is 6.92 Å². The van der Waals surface area contributed by atoms with Crippen molar-refractivity contribution in [3.05, 3.63) is 0 Å². The van der Waals surface area contributed by atoms with Crippen LogP contribution in [-0.2, 0) is 14.5 Å². The third-order valence-electron chi connectivity index (χ3n) is 6.11. The summed E-state index contributed by atoms with van der Waals surface area (Å²) in [6.07, 6.45) is -2.82. The molecular weight excluding hydrogens is 407 g/mol. The lowest BCUT2D eigenvalue weighted by Gasteiger charge is -2.53. The number of fused-ring (bicyclic) bond motifs is 3. The number of alkyl halides is 4. The summed E-state index contributed by atoms with van der Waals surface area (Å²) >= 11 is 2.36. The van der Waals surface area contributed by atoms with Gasteiger partial charge in [-0.25, -0.2) is 9.78 Å². The minimum absolute atomic E-state index is 0.0439. The van der Waals surface area contributed by atoms with Gasteiger partial charge in [-0.15, -0.1) is 0 Å².